The zero-order valence-electron chi connectivity index (χ0n) is 11.7. The van der Waals surface area contributed by atoms with E-state index in [9.17, 15) is 14.4 Å². The molecule has 0 fully saturated rings. The summed E-state index contributed by atoms with van der Waals surface area (Å²) in [5, 5.41) is 11.5. The first-order valence-corrected chi connectivity index (χ1v) is 6.60. The van der Waals surface area contributed by atoms with Crippen LogP contribution in [-0.2, 0) is 14.3 Å². The highest BCUT2D eigenvalue weighted by Gasteiger charge is 2.15. The minimum absolute atomic E-state index is 0.0467. The standard InChI is InChI=1S/C14H16ClNO5/c1-8(6-13(18)19)5-12(17)16-11-7-9(14(20)21-2)3-4-10(11)15/h3-4,7-8H,5-6H2,1-2H3,(H,16,17)(H,18,19). The Morgan fingerprint density at radius 1 is 1.33 bits per heavy atom. The predicted octanol–water partition coefficient (Wildman–Crippen LogP) is 2.57. The number of ether oxygens (including phenoxy) is 1. The molecule has 114 valence electrons. The van der Waals surface area contributed by atoms with Gasteiger partial charge in [0, 0.05) is 12.8 Å². The third kappa shape index (κ3) is 5.43. The third-order valence-corrected chi connectivity index (χ3v) is 3.05. The van der Waals surface area contributed by atoms with Gasteiger partial charge in [0.2, 0.25) is 5.91 Å². The molecule has 0 aromatic heterocycles. The number of carboxylic acid groups (broad SMARTS) is 1. The molecule has 2 N–H and O–H groups in total. The van der Waals surface area contributed by atoms with Crippen LogP contribution in [0.3, 0.4) is 0 Å². The van der Waals surface area contributed by atoms with Crippen LogP contribution in [0.15, 0.2) is 18.2 Å². The minimum Gasteiger partial charge on any atom is -0.481 e. The number of nitrogens with one attached hydrogen (secondary N) is 1. The maximum Gasteiger partial charge on any atom is 0.337 e. The van der Waals surface area contributed by atoms with Crippen molar-refractivity contribution in [1.82, 2.24) is 0 Å². The lowest BCUT2D eigenvalue weighted by molar-refractivity contribution is -0.138. The second-order valence-electron chi connectivity index (χ2n) is 4.64. The summed E-state index contributed by atoms with van der Waals surface area (Å²) < 4.78 is 4.58. The Kier molecular flexibility index (Phi) is 6.17. The summed E-state index contributed by atoms with van der Waals surface area (Å²) in [5.41, 5.74) is 0.544. The van der Waals surface area contributed by atoms with Crippen LogP contribution in [0.2, 0.25) is 5.02 Å². The Bertz CT molecular complexity index is 558. The largest absolute Gasteiger partial charge is 0.481 e. The van der Waals surface area contributed by atoms with Crippen molar-refractivity contribution in [1.29, 1.82) is 0 Å². The molecule has 1 atom stereocenters. The number of hydrogen-bond acceptors (Lipinski definition) is 4. The van der Waals surface area contributed by atoms with E-state index in [0.717, 1.165) is 0 Å². The number of amides is 1. The second-order valence-corrected chi connectivity index (χ2v) is 5.05. The maximum absolute atomic E-state index is 11.8. The van der Waals surface area contributed by atoms with Crippen LogP contribution >= 0.6 is 11.6 Å². The molecule has 1 aromatic carbocycles. The van der Waals surface area contributed by atoms with Crippen LogP contribution in [-0.4, -0.2) is 30.1 Å². The Labute approximate surface area is 127 Å². The molecular formula is C14H16ClNO5. The topological polar surface area (TPSA) is 92.7 Å². The molecule has 0 aliphatic carbocycles. The molecule has 0 spiro atoms. The van der Waals surface area contributed by atoms with Crippen molar-refractivity contribution in [3.05, 3.63) is 28.8 Å². The van der Waals surface area contributed by atoms with E-state index in [4.69, 9.17) is 16.7 Å². The lowest BCUT2D eigenvalue weighted by atomic mass is 10.0. The number of benzene rings is 1. The number of esters is 1. The van der Waals surface area contributed by atoms with Gasteiger partial charge in [0.05, 0.1) is 23.4 Å². The molecule has 1 aromatic rings. The van der Waals surface area contributed by atoms with Gasteiger partial charge in [-0.15, -0.1) is 0 Å². The van der Waals surface area contributed by atoms with Gasteiger partial charge < -0.3 is 15.2 Å². The van der Waals surface area contributed by atoms with E-state index < -0.39 is 11.9 Å². The van der Waals surface area contributed by atoms with E-state index in [1.165, 1.54) is 25.3 Å². The first-order chi connectivity index (χ1) is 9.83. The van der Waals surface area contributed by atoms with Crippen molar-refractivity contribution >= 4 is 35.1 Å². The number of rotatable bonds is 6. The van der Waals surface area contributed by atoms with Crippen LogP contribution in [0, 0.1) is 5.92 Å². The molecule has 1 unspecified atom stereocenters. The van der Waals surface area contributed by atoms with Crippen molar-refractivity contribution in [3.8, 4) is 0 Å². The average molecular weight is 314 g/mol. The molecule has 0 bridgehead atoms. The van der Waals surface area contributed by atoms with Crippen molar-refractivity contribution in [2.45, 2.75) is 19.8 Å². The highest BCUT2D eigenvalue weighted by Crippen LogP contribution is 2.24. The predicted molar refractivity (Wildman–Crippen MR) is 77.5 cm³/mol. The number of aliphatic carboxylic acids is 1. The van der Waals surface area contributed by atoms with E-state index in [1.807, 2.05) is 0 Å². The molecule has 6 nitrogen and oxygen atoms in total. The van der Waals surface area contributed by atoms with Crippen LogP contribution < -0.4 is 5.32 Å². The van der Waals surface area contributed by atoms with Crippen LogP contribution in [0.1, 0.15) is 30.1 Å². The van der Waals surface area contributed by atoms with Gasteiger partial charge in [0.25, 0.3) is 0 Å². The lowest BCUT2D eigenvalue weighted by Crippen LogP contribution is -2.17. The molecule has 21 heavy (non-hydrogen) atoms. The van der Waals surface area contributed by atoms with Gasteiger partial charge in [0.1, 0.15) is 0 Å². The Morgan fingerprint density at radius 3 is 2.57 bits per heavy atom. The van der Waals surface area contributed by atoms with Crippen molar-refractivity contribution < 1.29 is 24.2 Å². The summed E-state index contributed by atoms with van der Waals surface area (Å²) in [6.07, 6.45) is -0.0472. The second kappa shape index (κ2) is 7.64. The summed E-state index contributed by atoms with van der Waals surface area (Å²) in [6, 6.07) is 4.37. The van der Waals surface area contributed by atoms with Gasteiger partial charge in [-0.05, 0) is 24.1 Å². The van der Waals surface area contributed by atoms with Gasteiger partial charge in [-0.25, -0.2) is 4.79 Å². The molecule has 0 saturated heterocycles. The quantitative estimate of drug-likeness (QED) is 0.787. The van der Waals surface area contributed by atoms with E-state index >= 15 is 0 Å². The molecule has 0 heterocycles. The van der Waals surface area contributed by atoms with Crippen LogP contribution in [0.5, 0.6) is 0 Å². The lowest BCUT2D eigenvalue weighted by Gasteiger charge is -2.11. The highest BCUT2D eigenvalue weighted by atomic mass is 35.5. The number of halogens is 1. The number of hydrogen-bond donors (Lipinski definition) is 2. The average Bonchev–Trinajstić information content (AvgIpc) is 2.39. The molecule has 0 radical (unpaired) electrons. The van der Waals surface area contributed by atoms with E-state index in [0.29, 0.717) is 0 Å². The van der Waals surface area contributed by atoms with Gasteiger partial charge >= 0.3 is 11.9 Å². The van der Waals surface area contributed by atoms with Crippen molar-refractivity contribution in [2.24, 2.45) is 5.92 Å². The summed E-state index contributed by atoms with van der Waals surface area (Å²) in [5.74, 6) is -2.17. The summed E-state index contributed by atoms with van der Waals surface area (Å²) in [6.45, 7) is 1.67. The normalized spacial score (nSPS) is 11.6. The third-order valence-electron chi connectivity index (χ3n) is 2.72. The Hall–Kier alpha value is -2.08. The number of carboxylic acids is 1. The fourth-order valence-electron chi connectivity index (χ4n) is 1.75. The molecule has 1 amide bonds. The Balaban J connectivity index is 2.75. The zero-order valence-corrected chi connectivity index (χ0v) is 12.4. The monoisotopic (exact) mass is 313 g/mol. The summed E-state index contributed by atoms with van der Waals surface area (Å²) in [7, 11) is 1.25. The van der Waals surface area contributed by atoms with Crippen molar-refractivity contribution in [2.75, 3.05) is 12.4 Å². The molecule has 7 heteroatoms. The highest BCUT2D eigenvalue weighted by molar-refractivity contribution is 6.33. The first-order valence-electron chi connectivity index (χ1n) is 6.23. The Morgan fingerprint density at radius 2 is 2.00 bits per heavy atom. The number of anilines is 1. The smallest absolute Gasteiger partial charge is 0.337 e. The van der Waals surface area contributed by atoms with Gasteiger partial charge in [-0.3, -0.25) is 9.59 Å². The molecule has 0 aliphatic heterocycles. The van der Waals surface area contributed by atoms with Gasteiger partial charge in [-0.2, -0.15) is 0 Å². The van der Waals surface area contributed by atoms with Gasteiger partial charge in [-0.1, -0.05) is 18.5 Å². The molecular weight excluding hydrogens is 298 g/mol. The number of carbonyl (C=O) groups excluding carboxylic acids is 2. The molecule has 0 aliphatic rings. The minimum atomic E-state index is -0.957. The van der Waals surface area contributed by atoms with Crippen LogP contribution in [0.4, 0.5) is 5.69 Å². The fourth-order valence-corrected chi connectivity index (χ4v) is 1.92. The zero-order chi connectivity index (χ0) is 16.0. The van der Waals surface area contributed by atoms with Gasteiger partial charge in [0.15, 0.2) is 0 Å². The van der Waals surface area contributed by atoms with E-state index in [-0.39, 0.29) is 40.9 Å². The fraction of sp³-hybridized carbons (Fsp3) is 0.357. The SMILES string of the molecule is COC(=O)c1ccc(Cl)c(NC(=O)CC(C)CC(=O)O)c1. The van der Waals surface area contributed by atoms with E-state index in [2.05, 4.69) is 10.1 Å². The maximum atomic E-state index is 11.8. The molecule has 0 saturated carbocycles. The first kappa shape index (κ1) is 17.0. The summed E-state index contributed by atoms with van der Waals surface area (Å²) in [4.78, 5) is 33.8. The number of methoxy groups -OCH3 is 1. The van der Waals surface area contributed by atoms with E-state index in [1.54, 1.807) is 6.92 Å². The number of carbonyl (C=O) groups is 3. The van der Waals surface area contributed by atoms with Crippen molar-refractivity contribution in [3.63, 3.8) is 0 Å². The summed E-state index contributed by atoms with van der Waals surface area (Å²) >= 11 is 5.95. The van der Waals surface area contributed by atoms with Crippen LogP contribution in [0.25, 0.3) is 0 Å². The molecule has 1 rings (SSSR count).